The smallest absolute Gasteiger partial charge is 0.419 e. The second-order valence-corrected chi connectivity index (χ2v) is 9.45. The molecule has 0 bridgehead atoms. The van der Waals surface area contributed by atoms with Gasteiger partial charge in [0.2, 0.25) is 5.95 Å². The van der Waals surface area contributed by atoms with Gasteiger partial charge in [-0.25, -0.2) is 14.8 Å². The van der Waals surface area contributed by atoms with E-state index in [9.17, 15) is 18.0 Å². The molecule has 194 valence electrons. The van der Waals surface area contributed by atoms with E-state index in [0.29, 0.717) is 35.0 Å². The van der Waals surface area contributed by atoms with Crippen LogP contribution in [-0.2, 0) is 10.9 Å². The Labute approximate surface area is 207 Å². The van der Waals surface area contributed by atoms with Gasteiger partial charge in [-0.1, -0.05) is 25.0 Å². The fourth-order valence-electron chi connectivity index (χ4n) is 4.98. The van der Waals surface area contributed by atoms with Crippen molar-refractivity contribution in [2.24, 2.45) is 11.8 Å². The van der Waals surface area contributed by atoms with Gasteiger partial charge in [-0.2, -0.15) is 13.2 Å². The maximum atomic E-state index is 13.9. The van der Waals surface area contributed by atoms with E-state index < -0.39 is 17.8 Å². The molecule has 1 aliphatic carbocycles. The topological polar surface area (TPSA) is 95.2 Å². The fourth-order valence-corrected chi connectivity index (χ4v) is 4.98. The van der Waals surface area contributed by atoms with Crippen molar-refractivity contribution in [2.45, 2.75) is 31.9 Å². The summed E-state index contributed by atoms with van der Waals surface area (Å²) in [5.74, 6) is 1.07. The van der Waals surface area contributed by atoms with E-state index in [0.717, 1.165) is 32.0 Å². The Bertz CT molecular complexity index is 1210. The van der Waals surface area contributed by atoms with Crippen molar-refractivity contribution in [3.8, 4) is 11.3 Å². The minimum atomic E-state index is -4.64. The predicted octanol–water partition coefficient (Wildman–Crippen LogP) is 5.60. The number of nitrogens with one attached hydrogen (secondary N) is 3. The third-order valence-corrected chi connectivity index (χ3v) is 6.68. The van der Waals surface area contributed by atoms with Crippen molar-refractivity contribution in [3.05, 3.63) is 36.2 Å². The van der Waals surface area contributed by atoms with Gasteiger partial charge in [-0.05, 0) is 44.8 Å². The number of nitrogens with zero attached hydrogens (tertiary/aromatic N) is 3. The van der Waals surface area contributed by atoms with Crippen LogP contribution in [0.25, 0.3) is 22.2 Å². The third-order valence-electron chi connectivity index (χ3n) is 6.68. The van der Waals surface area contributed by atoms with Crippen LogP contribution in [0.5, 0.6) is 0 Å². The van der Waals surface area contributed by atoms with Crippen LogP contribution in [0, 0.1) is 11.8 Å². The van der Waals surface area contributed by atoms with Crippen LogP contribution in [-0.4, -0.2) is 60.2 Å². The molecule has 3 aromatic rings. The predicted molar refractivity (Wildman–Crippen MR) is 133 cm³/mol. The number of fused-ring (bicyclic) bond motifs is 1. The number of aromatic amines is 1. The Balaban J connectivity index is 1.66. The highest BCUT2D eigenvalue weighted by Gasteiger charge is 2.36. The molecule has 3 N–H and O–H groups in total. The lowest BCUT2D eigenvalue weighted by molar-refractivity contribution is -0.137. The molecule has 0 unspecified atom stereocenters. The van der Waals surface area contributed by atoms with Crippen LogP contribution in [0.1, 0.15) is 31.2 Å². The summed E-state index contributed by atoms with van der Waals surface area (Å²) < 4.78 is 46.4. The number of hydrogen-bond donors (Lipinski definition) is 3. The highest BCUT2D eigenvalue weighted by Crippen LogP contribution is 2.40. The van der Waals surface area contributed by atoms with E-state index in [-0.39, 0.29) is 17.2 Å². The van der Waals surface area contributed by atoms with Gasteiger partial charge in [0.1, 0.15) is 5.56 Å². The zero-order chi connectivity index (χ0) is 25.9. The van der Waals surface area contributed by atoms with Gasteiger partial charge in [0.05, 0.1) is 24.0 Å². The van der Waals surface area contributed by atoms with E-state index in [1.165, 1.54) is 19.7 Å². The zero-order valence-electron chi connectivity index (χ0n) is 20.6. The van der Waals surface area contributed by atoms with Crippen molar-refractivity contribution in [2.75, 3.05) is 44.9 Å². The number of ether oxygens (including phenoxy) is 1. The van der Waals surface area contributed by atoms with Crippen molar-refractivity contribution >= 4 is 28.6 Å². The van der Waals surface area contributed by atoms with Crippen LogP contribution in [0.3, 0.4) is 0 Å². The number of carbonyl (C=O) groups is 1. The molecular weight excluding hydrogens is 473 g/mol. The Kier molecular flexibility index (Phi) is 7.67. The van der Waals surface area contributed by atoms with E-state index >= 15 is 0 Å². The molecule has 36 heavy (non-hydrogen) atoms. The third kappa shape index (κ3) is 5.72. The average molecular weight is 505 g/mol. The monoisotopic (exact) mass is 504 g/mol. The molecule has 1 aromatic carbocycles. The number of rotatable bonds is 7. The van der Waals surface area contributed by atoms with Gasteiger partial charge < -0.3 is 19.9 Å². The number of alkyl halides is 3. The number of anilines is 2. The van der Waals surface area contributed by atoms with Crippen LogP contribution in [0.15, 0.2) is 30.6 Å². The van der Waals surface area contributed by atoms with Gasteiger partial charge in [0.15, 0.2) is 0 Å². The highest BCUT2D eigenvalue weighted by molar-refractivity contribution is 6.04. The van der Waals surface area contributed by atoms with E-state index in [2.05, 4.69) is 49.3 Å². The lowest BCUT2D eigenvalue weighted by atomic mass is 9.79. The SMILES string of the molecule is COC(=O)Nc1cccc2c(-c3nc(NC[C@H]4CCCC[C@@H]4CN(C)C)ncc3C(F)(F)F)c[nH]c12. The molecular formula is C25H31F3N6O2. The summed E-state index contributed by atoms with van der Waals surface area (Å²) in [6, 6.07) is 4.95. The van der Waals surface area contributed by atoms with Crippen LogP contribution >= 0.6 is 0 Å². The van der Waals surface area contributed by atoms with Crippen LogP contribution in [0.4, 0.5) is 29.6 Å². The number of benzene rings is 1. The molecule has 1 amide bonds. The lowest BCUT2D eigenvalue weighted by Gasteiger charge is -2.33. The Hall–Kier alpha value is -3.34. The van der Waals surface area contributed by atoms with Crippen molar-refractivity contribution in [1.29, 1.82) is 0 Å². The quantitative estimate of drug-likeness (QED) is 0.388. The lowest BCUT2D eigenvalue weighted by Crippen LogP contribution is -2.33. The number of H-pyrrole nitrogens is 1. The molecule has 0 spiro atoms. The average Bonchev–Trinajstić information content (AvgIpc) is 3.27. The van der Waals surface area contributed by atoms with Gasteiger partial charge >= 0.3 is 12.3 Å². The van der Waals surface area contributed by atoms with Gasteiger partial charge in [0.25, 0.3) is 0 Å². The number of aromatic nitrogens is 3. The molecule has 0 saturated heterocycles. The molecule has 2 aromatic heterocycles. The summed E-state index contributed by atoms with van der Waals surface area (Å²) in [7, 11) is 5.34. The Morgan fingerprint density at radius 3 is 2.67 bits per heavy atom. The summed E-state index contributed by atoms with van der Waals surface area (Å²) in [4.78, 5) is 25.2. The fraction of sp³-hybridized carbons (Fsp3) is 0.480. The summed E-state index contributed by atoms with van der Waals surface area (Å²) >= 11 is 0. The number of para-hydroxylation sites is 1. The summed E-state index contributed by atoms with van der Waals surface area (Å²) in [6.07, 6.45) is 1.52. The number of halogens is 3. The molecule has 4 rings (SSSR count). The standard InChI is InChI=1S/C25H31F3N6O2/c1-34(2)14-16-8-5-4-7-15(16)11-30-23-31-13-19(25(26,27)28)21(33-23)18-12-29-22-17(18)9-6-10-20(22)32-24(35)36-3/h6,9-10,12-13,15-16,29H,4-5,7-8,11,14H2,1-3H3,(H,32,35)(H,30,31,33)/t15-,16-/m1/s1. The second kappa shape index (κ2) is 10.7. The molecule has 1 saturated carbocycles. The number of methoxy groups -OCH3 is 1. The van der Waals surface area contributed by atoms with Gasteiger partial charge in [0, 0.05) is 36.4 Å². The molecule has 1 fully saturated rings. The van der Waals surface area contributed by atoms with Gasteiger partial charge in [-0.15, -0.1) is 0 Å². The normalized spacial score (nSPS) is 18.4. The molecule has 0 aliphatic heterocycles. The van der Waals surface area contributed by atoms with E-state index in [4.69, 9.17) is 0 Å². The first kappa shape index (κ1) is 25.7. The maximum absolute atomic E-state index is 13.9. The number of hydrogen-bond acceptors (Lipinski definition) is 6. The summed E-state index contributed by atoms with van der Waals surface area (Å²) in [5, 5.41) is 6.25. The minimum absolute atomic E-state index is 0.158. The van der Waals surface area contributed by atoms with E-state index in [1.54, 1.807) is 18.2 Å². The van der Waals surface area contributed by atoms with Gasteiger partial charge in [-0.3, -0.25) is 5.32 Å². The molecule has 2 atom stereocenters. The van der Waals surface area contributed by atoms with Crippen molar-refractivity contribution < 1.29 is 22.7 Å². The maximum Gasteiger partial charge on any atom is 0.419 e. The first-order chi connectivity index (χ1) is 17.2. The minimum Gasteiger partial charge on any atom is -0.453 e. The summed E-state index contributed by atoms with van der Waals surface area (Å²) in [5.41, 5.74) is -0.0403. The highest BCUT2D eigenvalue weighted by atomic mass is 19.4. The number of carbonyl (C=O) groups excluding carboxylic acids is 1. The molecule has 11 heteroatoms. The number of amides is 1. The zero-order valence-corrected chi connectivity index (χ0v) is 20.6. The largest absolute Gasteiger partial charge is 0.453 e. The van der Waals surface area contributed by atoms with Crippen molar-refractivity contribution in [1.82, 2.24) is 19.9 Å². The first-order valence-corrected chi connectivity index (χ1v) is 12.0. The molecule has 8 nitrogen and oxygen atoms in total. The van der Waals surface area contributed by atoms with Crippen LogP contribution in [0.2, 0.25) is 0 Å². The van der Waals surface area contributed by atoms with Crippen molar-refractivity contribution in [3.63, 3.8) is 0 Å². The molecule has 0 radical (unpaired) electrons. The molecule has 1 aliphatic rings. The molecule has 2 heterocycles. The van der Waals surface area contributed by atoms with E-state index in [1.807, 2.05) is 0 Å². The Morgan fingerprint density at radius 2 is 1.97 bits per heavy atom. The first-order valence-electron chi connectivity index (χ1n) is 12.0. The second-order valence-electron chi connectivity index (χ2n) is 9.45. The van der Waals surface area contributed by atoms with Crippen LogP contribution < -0.4 is 10.6 Å². The Morgan fingerprint density at radius 1 is 1.22 bits per heavy atom. The summed E-state index contributed by atoms with van der Waals surface area (Å²) in [6.45, 7) is 1.58.